The van der Waals surface area contributed by atoms with Crippen LogP contribution in [0.4, 0.5) is 5.69 Å². The molecule has 0 radical (unpaired) electrons. The first-order valence-electron chi connectivity index (χ1n) is 9.48. The molecule has 1 fully saturated rings. The third-order valence-corrected chi connectivity index (χ3v) is 6.95. The molecule has 0 spiro atoms. The van der Waals surface area contributed by atoms with Gasteiger partial charge in [0.1, 0.15) is 0 Å². The summed E-state index contributed by atoms with van der Waals surface area (Å²) in [7, 11) is -3.35. The van der Waals surface area contributed by atoms with Crippen molar-refractivity contribution in [3.05, 3.63) is 65.7 Å². The minimum absolute atomic E-state index is 0.0112. The fraction of sp³-hybridized carbons (Fsp3) is 0.381. The van der Waals surface area contributed by atoms with Crippen molar-refractivity contribution < 1.29 is 13.2 Å². The molecule has 1 N–H and O–H groups in total. The summed E-state index contributed by atoms with van der Waals surface area (Å²) in [5.74, 6) is -0.0680. The van der Waals surface area contributed by atoms with Crippen LogP contribution in [-0.4, -0.2) is 55.8 Å². The van der Waals surface area contributed by atoms with Gasteiger partial charge < -0.3 is 5.32 Å². The Bertz CT molecular complexity index is 890. The topological polar surface area (TPSA) is 69.7 Å². The predicted molar refractivity (Wildman–Crippen MR) is 111 cm³/mol. The van der Waals surface area contributed by atoms with E-state index in [0.717, 1.165) is 16.8 Å². The summed E-state index contributed by atoms with van der Waals surface area (Å²) in [4.78, 5) is 14.6. The summed E-state index contributed by atoms with van der Waals surface area (Å²) < 4.78 is 26.9. The minimum atomic E-state index is -3.35. The highest BCUT2D eigenvalue weighted by Gasteiger charge is 2.30. The van der Waals surface area contributed by atoms with E-state index in [1.165, 1.54) is 4.31 Å². The van der Waals surface area contributed by atoms with Gasteiger partial charge in [0.15, 0.2) is 0 Å². The van der Waals surface area contributed by atoms with Crippen LogP contribution in [0.1, 0.15) is 18.1 Å². The molecule has 7 heteroatoms. The monoisotopic (exact) mass is 401 g/mol. The van der Waals surface area contributed by atoms with Crippen LogP contribution in [0.3, 0.4) is 0 Å². The molecule has 0 saturated carbocycles. The molecule has 0 bridgehead atoms. The number of piperazine rings is 1. The van der Waals surface area contributed by atoms with E-state index in [1.807, 2.05) is 73.3 Å². The summed E-state index contributed by atoms with van der Waals surface area (Å²) in [6.07, 6.45) is 0. The largest absolute Gasteiger partial charge is 0.325 e. The molecular weight excluding hydrogens is 374 g/mol. The van der Waals surface area contributed by atoms with E-state index in [1.54, 1.807) is 0 Å². The SMILES string of the molecule is Cc1ccc(NC(=O)[C@H](C)N2CCN(S(=O)(=O)Cc3ccccc3)CC2)cc1. The summed E-state index contributed by atoms with van der Waals surface area (Å²) in [6, 6.07) is 16.6. The Hall–Kier alpha value is -2.22. The van der Waals surface area contributed by atoms with Gasteiger partial charge >= 0.3 is 0 Å². The Morgan fingerprint density at radius 3 is 2.21 bits per heavy atom. The summed E-state index contributed by atoms with van der Waals surface area (Å²) in [6.45, 7) is 5.73. The first-order chi connectivity index (χ1) is 13.3. The van der Waals surface area contributed by atoms with Crippen molar-refractivity contribution in [1.29, 1.82) is 0 Å². The number of anilines is 1. The van der Waals surface area contributed by atoms with E-state index in [0.29, 0.717) is 26.2 Å². The predicted octanol–water partition coefficient (Wildman–Crippen LogP) is 2.47. The van der Waals surface area contributed by atoms with E-state index in [2.05, 4.69) is 5.32 Å². The second kappa shape index (κ2) is 8.86. The highest BCUT2D eigenvalue weighted by molar-refractivity contribution is 7.88. The van der Waals surface area contributed by atoms with Crippen LogP contribution in [0.5, 0.6) is 0 Å². The van der Waals surface area contributed by atoms with E-state index in [-0.39, 0.29) is 17.7 Å². The van der Waals surface area contributed by atoms with Gasteiger partial charge in [-0.25, -0.2) is 8.42 Å². The number of hydrogen-bond acceptors (Lipinski definition) is 4. The maximum atomic E-state index is 12.7. The van der Waals surface area contributed by atoms with Crippen molar-refractivity contribution in [1.82, 2.24) is 9.21 Å². The second-order valence-electron chi connectivity index (χ2n) is 7.21. The lowest BCUT2D eigenvalue weighted by Gasteiger charge is -2.36. The standard InChI is InChI=1S/C21H27N3O3S/c1-17-8-10-20(11-9-17)22-21(25)18(2)23-12-14-24(15-13-23)28(26,27)16-19-6-4-3-5-7-19/h3-11,18H,12-16H2,1-2H3,(H,22,25)/t18-/m0/s1. The Morgan fingerprint density at radius 2 is 1.61 bits per heavy atom. The van der Waals surface area contributed by atoms with Crippen molar-refractivity contribution in [3.8, 4) is 0 Å². The Kier molecular flexibility index (Phi) is 6.49. The Morgan fingerprint density at radius 1 is 1.00 bits per heavy atom. The van der Waals surface area contributed by atoms with Crippen LogP contribution >= 0.6 is 0 Å². The highest BCUT2D eigenvalue weighted by atomic mass is 32.2. The lowest BCUT2D eigenvalue weighted by atomic mass is 10.2. The van der Waals surface area contributed by atoms with Crippen molar-refractivity contribution in [3.63, 3.8) is 0 Å². The molecule has 0 unspecified atom stereocenters. The molecule has 1 aliphatic heterocycles. The fourth-order valence-corrected chi connectivity index (χ4v) is 4.81. The van der Waals surface area contributed by atoms with Crippen molar-refractivity contribution in [2.24, 2.45) is 0 Å². The second-order valence-corrected chi connectivity index (χ2v) is 9.18. The van der Waals surface area contributed by atoms with Gasteiger partial charge in [-0.1, -0.05) is 48.0 Å². The van der Waals surface area contributed by atoms with Gasteiger partial charge in [0, 0.05) is 31.9 Å². The van der Waals surface area contributed by atoms with Crippen molar-refractivity contribution >= 4 is 21.6 Å². The number of sulfonamides is 1. The van der Waals surface area contributed by atoms with Gasteiger partial charge in [-0.15, -0.1) is 0 Å². The molecule has 28 heavy (non-hydrogen) atoms. The van der Waals surface area contributed by atoms with E-state index in [9.17, 15) is 13.2 Å². The van der Waals surface area contributed by atoms with Gasteiger partial charge in [0.2, 0.25) is 15.9 Å². The number of nitrogens with one attached hydrogen (secondary N) is 1. The molecule has 150 valence electrons. The van der Waals surface area contributed by atoms with Gasteiger partial charge in [-0.05, 0) is 31.5 Å². The minimum Gasteiger partial charge on any atom is -0.325 e. The fourth-order valence-electron chi connectivity index (χ4n) is 3.29. The Balaban J connectivity index is 1.53. The number of hydrogen-bond donors (Lipinski definition) is 1. The van der Waals surface area contributed by atoms with Crippen LogP contribution < -0.4 is 5.32 Å². The quantitative estimate of drug-likeness (QED) is 0.807. The average molecular weight is 402 g/mol. The maximum absolute atomic E-state index is 12.7. The number of carbonyl (C=O) groups excluding carboxylic acids is 1. The van der Waals surface area contributed by atoms with Gasteiger partial charge in [0.25, 0.3) is 0 Å². The Labute approximate surface area is 167 Å². The zero-order chi connectivity index (χ0) is 20.1. The zero-order valence-corrected chi connectivity index (χ0v) is 17.2. The van der Waals surface area contributed by atoms with E-state index < -0.39 is 10.0 Å². The third-order valence-electron chi connectivity index (χ3n) is 5.10. The molecule has 1 atom stereocenters. The molecule has 1 amide bonds. The summed E-state index contributed by atoms with van der Waals surface area (Å²) in [5, 5.41) is 2.93. The molecule has 3 rings (SSSR count). The lowest BCUT2D eigenvalue weighted by molar-refractivity contribution is -0.121. The van der Waals surface area contributed by atoms with Gasteiger partial charge in [0.05, 0.1) is 11.8 Å². The number of benzene rings is 2. The normalized spacial score (nSPS) is 17.2. The van der Waals surface area contributed by atoms with Crippen LogP contribution in [0.2, 0.25) is 0 Å². The summed E-state index contributed by atoms with van der Waals surface area (Å²) in [5.41, 5.74) is 2.70. The van der Waals surface area contributed by atoms with Crippen LogP contribution in [0.25, 0.3) is 0 Å². The number of aryl methyl sites for hydroxylation is 1. The molecule has 6 nitrogen and oxygen atoms in total. The number of nitrogens with zero attached hydrogens (tertiary/aromatic N) is 2. The average Bonchev–Trinajstić information content (AvgIpc) is 2.69. The number of rotatable bonds is 6. The highest BCUT2D eigenvalue weighted by Crippen LogP contribution is 2.16. The zero-order valence-electron chi connectivity index (χ0n) is 16.3. The molecule has 1 aliphatic rings. The molecule has 0 aromatic heterocycles. The van der Waals surface area contributed by atoms with E-state index >= 15 is 0 Å². The molecule has 2 aromatic rings. The van der Waals surface area contributed by atoms with E-state index in [4.69, 9.17) is 0 Å². The third kappa shape index (κ3) is 5.19. The first-order valence-corrected chi connectivity index (χ1v) is 11.1. The van der Waals surface area contributed by atoms with Crippen LogP contribution in [-0.2, 0) is 20.6 Å². The lowest BCUT2D eigenvalue weighted by Crippen LogP contribution is -2.54. The molecule has 2 aromatic carbocycles. The maximum Gasteiger partial charge on any atom is 0.241 e. The number of carbonyl (C=O) groups is 1. The van der Waals surface area contributed by atoms with Gasteiger partial charge in [-0.3, -0.25) is 9.69 Å². The van der Waals surface area contributed by atoms with Crippen molar-refractivity contribution in [2.45, 2.75) is 25.6 Å². The molecule has 0 aliphatic carbocycles. The number of amides is 1. The summed E-state index contributed by atoms with van der Waals surface area (Å²) >= 11 is 0. The van der Waals surface area contributed by atoms with Crippen molar-refractivity contribution in [2.75, 3.05) is 31.5 Å². The van der Waals surface area contributed by atoms with Gasteiger partial charge in [-0.2, -0.15) is 4.31 Å². The van der Waals surface area contributed by atoms with Crippen LogP contribution in [0.15, 0.2) is 54.6 Å². The molecule has 1 saturated heterocycles. The first kappa shape index (κ1) is 20.5. The molecule has 1 heterocycles. The smallest absolute Gasteiger partial charge is 0.241 e. The van der Waals surface area contributed by atoms with Crippen LogP contribution in [0, 0.1) is 6.92 Å². The molecular formula is C21H27N3O3S.